The highest BCUT2D eigenvalue weighted by Gasteiger charge is 2.62. The Morgan fingerprint density at radius 2 is 1.88 bits per heavy atom. The highest BCUT2D eigenvalue weighted by Crippen LogP contribution is 2.65. The summed E-state index contributed by atoms with van der Waals surface area (Å²) in [4.78, 5) is 35.3. The maximum absolute atomic E-state index is 12.8. The van der Waals surface area contributed by atoms with Crippen molar-refractivity contribution < 1.29 is 32.3 Å². The third kappa shape index (κ3) is 3.82. The van der Waals surface area contributed by atoms with Gasteiger partial charge in [0.05, 0.1) is 12.6 Å². The topological polar surface area (TPSA) is 72.5 Å². The summed E-state index contributed by atoms with van der Waals surface area (Å²) >= 11 is 0. The lowest BCUT2D eigenvalue weighted by Crippen LogP contribution is -2.55. The Balaban J connectivity index is 1.60. The van der Waals surface area contributed by atoms with Crippen molar-refractivity contribution in [2.24, 2.45) is 28.6 Å². The summed E-state index contributed by atoms with van der Waals surface area (Å²) in [5.41, 5.74) is 0.862. The second-order valence-corrected chi connectivity index (χ2v) is 10.7. The Labute approximate surface area is 186 Å². The Kier molecular flexibility index (Phi) is 5.83. The Hall–Kier alpha value is -1.70. The molecule has 0 saturated heterocycles. The minimum atomic E-state index is -4.89. The second kappa shape index (κ2) is 7.96. The van der Waals surface area contributed by atoms with E-state index in [-0.39, 0.29) is 22.5 Å². The summed E-state index contributed by atoms with van der Waals surface area (Å²) in [5, 5.41) is 2.85. The van der Waals surface area contributed by atoms with Crippen molar-refractivity contribution in [1.29, 1.82) is 0 Å². The van der Waals surface area contributed by atoms with Crippen molar-refractivity contribution >= 4 is 17.5 Å². The fraction of sp³-hybridized carbons (Fsp3) is 0.792. The van der Waals surface area contributed by atoms with Crippen LogP contribution in [0.5, 0.6) is 0 Å². The molecule has 4 aliphatic rings. The largest absolute Gasteiger partial charge is 0.461 e. The molecule has 7 atom stereocenters. The molecule has 5 nitrogen and oxygen atoms in total. The van der Waals surface area contributed by atoms with Crippen LogP contribution >= 0.6 is 0 Å². The van der Waals surface area contributed by atoms with Crippen molar-refractivity contribution in [3.63, 3.8) is 0 Å². The molecule has 32 heavy (non-hydrogen) atoms. The molecule has 0 radical (unpaired) electrons. The highest BCUT2D eigenvalue weighted by molar-refractivity contribution is 5.91. The van der Waals surface area contributed by atoms with Crippen LogP contribution in [0.15, 0.2) is 11.6 Å². The van der Waals surface area contributed by atoms with Gasteiger partial charge in [-0.1, -0.05) is 19.4 Å². The quantitative estimate of drug-likeness (QED) is 0.645. The molecule has 4 aliphatic carbocycles. The molecule has 3 saturated carbocycles. The van der Waals surface area contributed by atoms with Gasteiger partial charge in [-0.25, -0.2) is 0 Å². The first kappa shape index (κ1) is 23.5. The first-order chi connectivity index (χ1) is 14.9. The van der Waals surface area contributed by atoms with E-state index in [1.54, 1.807) is 0 Å². The van der Waals surface area contributed by atoms with E-state index < -0.39 is 36.6 Å². The van der Waals surface area contributed by atoms with Crippen molar-refractivity contribution in [3.05, 3.63) is 11.6 Å². The number of Topliss-reactive ketones (excluding diaryl/α,β-unsaturated/α-hetero) is 1. The van der Waals surface area contributed by atoms with E-state index in [1.807, 2.05) is 6.08 Å². The molecule has 178 valence electrons. The molecule has 0 amide bonds. The normalized spacial score (nSPS) is 41.2. The molecule has 0 aromatic carbocycles. The first-order valence-electron chi connectivity index (χ1n) is 11.6. The van der Waals surface area contributed by atoms with E-state index in [4.69, 9.17) is 4.74 Å². The number of hydrogen-bond donors (Lipinski definition) is 1. The van der Waals surface area contributed by atoms with E-state index in [0.29, 0.717) is 24.7 Å². The zero-order valence-electron chi connectivity index (χ0n) is 18.9. The summed E-state index contributed by atoms with van der Waals surface area (Å²) in [6.45, 7) is 4.84. The van der Waals surface area contributed by atoms with Crippen LogP contribution in [0.2, 0.25) is 0 Å². The predicted molar refractivity (Wildman–Crippen MR) is 110 cm³/mol. The molecular formula is C24H32F3NO4. The molecule has 0 spiro atoms. The zero-order chi connectivity index (χ0) is 23.5. The van der Waals surface area contributed by atoms with E-state index in [0.717, 1.165) is 32.1 Å². The standard InChI is InChI=1S/C24H32F3NO4/c1-13(29)32-19-11-18-16-5-4-14-10-15(30)6-8-22(14,2)17(16)7-9-23(18,3)21(19)28-12-20(31)24(25,26)27/h10,16-19,21,28H,4-9,11-12H2,1-3H3/t16-,17+,18+,19-,21+,22+,23+/m1/s1. The summed E-state index contributed by atoms with van der Waals surface area (Å²) in [7, 11) is 0. The van der Waals surface area contributed by atoms with Crippen LogP contribution in [0.25, 0.3) is 0 Å². The molecule has 0 heterocycles. The lowest BCUT2D eigenvalue weighted by atomic mass is 9.47. The van der Waals surface area contributed by atoms with Gasteiger partial charge in [0.25, 0.3) is 0 Å². The van der Waals surface area contributed by atoms with Gasteiger partial charge in [0.15, 0.2) is 5.78 Å². The maximum atomic E-state index is 12.8. The number of hydrogen-bond acceptors (Lipinski definition) is 5. The molecule has 1 N–H and O–H groups in total. The van der Waals surface area contributed by atoms with Gasteiger partial charge in [-0.15, -0.1) is 0 Å². The van der Waals surface area contributed by atoms with E-state index in [9.17, 15) is 27.6 Å². The molecule has 0 aromatic heterocycles. The van der Waals surface area contributed by atoms with Gasteiger partial charge in [0, 0.05) is 13.3 Å². The molecule has 0 aromatic rings. The first-order valence-corrected chi connectivity index (χ1v) is 11.6. The van der Waals surface area contributed by atoms with Gasteiger partial charge in [-0.2, -0.15) is 13.2 Å². The number of halogens is 3. The molecule has 3 fully saturated rings. The highest BCUT2D eigenvalue weighted by atomic mass is 19.4. The van der Waals surface area contributed by atoms with Crippen LogP contribution < -0.4 is 5.32 Å². The van der Waals surface area contributed by atoms with Crippen molar-refractivity contribution in [2.75, 3.05) is 6.54 Å². The van der Waals surface area contributed by atoms with Gasteiger partial charge in [-0.3, -0.25) is 14.4 Å². The molecular weight excluding hydrogens is 423 g/mol. The minimum absolute atomic E-state index is 0.0210. The van der Waals surface area contributed by atoms with Gasteiger partial charge in [-0.05, 0) is 73.2 Å². The SMILES string of the molecule is CC(=O)O[C@@H]1C[C@H]2[C@@H]3CCC4=CC(=O)CC[C@]4(C)[C@H]3CC[C@]2(C)[C@H]1NCC(=O)C(F)(F)F. The van der Waals surface area contributed by atoms with Crippen LogP contribution in [0.3, 0.4) is 0 Å². The zero-order valence-corrected chi connectivity index (χ0v) is 18.9. The van der Waals surface area contributed by atoms with Gasteiger partial charge >= 0.3 is 12.1 Å². The molecule has 4 rings (SSSR count). The van der Waals surface area contributed by atoms with Crippen molar-refractivity contribution in [2.45, 2.75) is 84.0 Å². The number of carbonyl (C=O) groups is 3. The minimum Gasteiger partial charge on any atom is -0.461 e. The fourth-order valence-corrected chi connectivity index (χ4v) is 7.55. The number of carbonyl (C=O) groups excluding carboxylic acids is 3. The number of ether oxygens (including phenoxy) is 1. The van der Waals surface area contributed by atoms with E-state index in [1.165, 1.54) is 12.5 Å². The van der Waals surface area contributed by atoms with Crippen LogP contribution in [-0.4, -0.2) is 42.4 Å². The van der Waals surface area contributed by atoms with Gasteiger partial charge in [0.2, 0.25) is 5.78 Å². The van der Waals surface area contributed by atoms with Crippen LogP contribution in [0.1, 0.15) is 65.7 Å². The molecule has 0 unspecified atom stereocenters. The smallest absolute Gasteiger partial charge is 0.451 e. The predicted octanol–water partition coefficient (Wildman–Crippen LogP) is 4.15. The van der Waals surface area contributed by atoms with Crippen LogP contribution in [0.4, 0.5) is 13.2 Å². The number of rotatable bonds is 4. The third-order valence-electron chi connectivity index (χ3n) is 9.08. The number of esters is 1. The average molecular weight is 456 g/mol. The van der Waals surface area contributed by atoms with Crippen LogP contribution in [0, 0.1) is 28.6 Å². The number of allylic oxidation sites excluding steroid dienone is 1. The monoisotopic (exact) mass is 455 g/mol. The number of alkyl halides is 3. The van der Waals surface area contributed by atoms with Crippen LogP contribution in [-0.2, 0) is 19.1 Å². The number of nitrogens with one attached hydrogen (secondary N) is 1. The number of ketones is 2. The third-order valence-corrected chi connectivity index (χ3v) is 9.08. The van der Waals surface area contributed by atoms with Crippen molar-refractivity contribution in [3.8, 4) is 0 Å². The van der Waals surface area contributed by atoms with E-state index in [2.05, 4.69) is 19.2 Å². The summed E-state index contributed by atoms with van der Waals surface area (Å²) in [6.07, 6.45) is 1.88. The Bertz CT molecular complexity index is 853. The summed E-state index contributed by atoms with van der Waals surface area (Å²) < 4.78 is 44.0. The Morgan fingerprint density at radius 1 is 1.16 bits per heavy atom. The molecule has 0 bridgehead atoms. The van der Waals surface area contributed by atoms with Gasteiger partial charge < -0.3 is 10.1 Å². The average Bonchev–Trinajstić information content (AvgIpc) is 2.96. The molecule has 0 aliphatic heterocycles. The maximum Gasteiger partial charge on any atom is 0.451 e. The molecule has 8 heteroatoms. The lowest BCUT2D eigenvalue weighted by Gasteiger charge is -2.58. The van der Waals surface area contributed by atoms with Gasteiger partial charge in [0.1, 0.15) is 6.10 Å². The summed E-state index contributed by atoms with van der Waals surface area (Å²) in [5.74, 6) is -1.14. The van der Waals surface area contributed by atoms with Crippen molar-refractivity contribution in [1.82, 2.24) is 5.32 Å². The lowest BCUT2D eigenvalue weighted by molar-refractivity contribution is -0.170. The summed E-state index contributed by atoms with van der Waals surface area (Å²) in [6, 6.07) is -0.499. The van der Waals surface area contributed by atoms with E-state index >= 15 is 0 Å². The fourth-order valence-electron chi connectivity index (χ4n) is 7.55. The Morgan fingerprint density at radius 3 is 2.53 bits per heavy atom. The number of fused-ring (bicyclic) bond motifs is 5. The second-order valence-electron chi connectivity index (χ2n) is 10.7.